The zero-order valence-corrected chi connectivity index (χ0v) is 3.31. The molecule has 0 bridgehead atoms. The van der Waals surface area contributed by atoms with E-state index >= 15 is 0 Å². The number of nitrogens with two attached hydrogens (primary N) is 1. The van der Waals surface area contributed by atoms with E-state index in [-0.39, 0.29) is 0 Å². The summed E-state index contributed by atoms with van der Waals surface area (Å²) in [4.78, 5) is 9.22. The van der Waals surface area contributed by atoms with Crippen molar-refractivity contribution in [2.24, 2.45) is 0 Å². The highest BCUT2D eigenvalue weighted by molar-refractivity contribution is 4.15. The largest absolute Gasteiger partial charge is 0.261 e. The number of quaternary nitrogens is 1. The van der Waals surface area contributed by atoms with Crippen LogP contribution in [-0.2, 0) is 9.68 Å². The summed E-state index contributed by atoms with van der Waals surface area (Å²) in [6, 6.07) is 0. The summed E-state index contributed by atoms with van der Waals surface area (Å²) in [6.07, 6.45) is 0. The van der Waals surface area contributed by atoms with Crippen molar-refractivity contribution in [2.75, 3.05) is 13.5 Å². The topological polar surface area (TPSA) is 47.1 Å². The van der Waals surface area contributed by atoms with Crippen LogP contribution in [0.25, 0.3) is 0 Å². The van der Waals surface area contributed by atoms with Gasteiger partial charge in [-0.2, -0.15) is 9.68 Å². The van der Waals surface area contributed by atoms with Crippen LogP contribution in [0.1, 0.15) is 0 Å². The summed E-state index contributed by atoms with van der Waals surface area (Å²) in [6.45, 7) is 1.14. The Morgan fingerprint density at radius 2 is 2.00 bits per heavy atom. The molecule has 3 N–H and O–H groups in total. The second kappa shape index (κ2) is 2.09. The lowest BCUT2D eigenvalue weighted by molar-refractivity contribution is -1.08. The summed E-state index contributed by atoms with van der Waals surface area (Å²) in [5, 5.41) is 2.81. The van der Waals surface area contributed by atoms with Gasteiger partial charge in [-0.05, 0) is 0 Å². The molecule has 4 nitrogen and oxygen atoms in total. The second-order valence-corrected chi connectivity index (χ2v) is 0.968. The predicted molar refractivity (Wildman–Crippen MR) is 17.0 cm³/mol. The molecule has 6 heavy (non-hydrogen) atoms. The Morgan fingerprint density at radius 1 is 1.33 bits per heavy atom. The molecular weight excluding hydrogens is 84.0 g/mol. The van der Waals surface area contributed by atoms with Gasteiger partial charge in [0.15, 0.2) is 13.5 Å². The molecule has 1 rings (SSSR count). The van der Waals surface area contributed by atoms with E-state index in [1.807, 2.05) is 0 Å². The molecular formula is C2H7N2O2+. The van der Waals surface area contributed by atoms with Gasteiger partial charge in [0.1, 0.15) is 0 Å². The number of rotatable bonds is 0. The number of nitrogens with one attached hydrogen (secondary N) is 1. The molecule has 0 saturated carbocycles. The average molecular weight is 91.1 g/mol. The summed E-state index contributed by atoms with van der Waals surface area (Å²) < 4.78 is 0. The van der Waals surface area contributed by atoms with Gasteiger partial charge in [-0.1, -0.05) is 5.64 Å². The van der Waals surface area contributed by atoms with E-state index in [1.54, 1.807) is 0 Å². The van der Waals surface area contributed by atoms with Gasteiger partial charge in [0, 0.05) is 0 Å². The van der Waals surface area contributed by atoms with Crippen molar-refractivity contribution in [1.29, 1.82) is 0 Å². The number of hydrogen-bond acceptors (Lipinski definition) is 3. The Hall–Kier alpha value is -0.160. The van der Waals surface area contributed by atoms with Gasteiger partial charge < -0.3 is 0 Å². The van der Waals surface area contributed by atoms with Crippen LogP contribution in [0.2, 0.25) is 0 Å². The van der Waals surface area contributed by atoms with Crippen LogP contribution >= 0.6 is 0 Å². The third kappa shape index (κ3) is 0.908. The lowest BCUT2D eigenvalue weighted by Gasteiger charge is -2.06. The van der Waals surface area contributed by atoms with Crippen molar-refractivity contribution < 1.29 is 15.3 Å². The van der Waals surface area contributed by atoms with E-state index in [0.717, 1.165) is 0 Å². The summed E-state index contributed by atoms with van der Waals surface area (Å²) in [5.41, 5.74) is 1.33. The molecule has 0 unspecified atom stereocenters. The van der Waals surface area contributed by atoms with Gasteiger partial charge in [-0.3, -0.25) is 5.32 Å². The first-order chi connectivity index (χ1) is 3.00. The molecule has 1 aliphatic rings. The maximum absolute atomic E-state index is 4.61. The van der Waals surface area contributed by atoms with Gasteiger partial charge in [0.2, 0.25) is 0 Å². The van der Waals surface area contributed by atoms with Crippen molar-refractivity contribution in [2.45, 2.75) is 0 Å². The molecule has 0 atom stereocenters. The normalized spacial score (nSPS) is 24.0. The molecule has 0 amide bonds. The van der Waals surface area contributed by atoms with Crippen LogP contribution < -0.4 is 11.0 Å². The Labute approximate surface area is 35.3 Å². The molecule has 0 aromatic heterocycles. The third-order valence-electron chi connectivity index (χ3n) is 0.507. The highest BCUT2D eigenvalue weighted by Crippen LogP contribution is 1.59. The molecule has 1 heterocycles. The molecule has 0 spiro atoms. The highest BCUT2D eigenvalue weighted by atomic mass is 16.9. The first kappa shape index (κ1) is 4.01. The molecule has 1 saturated heterocycles. The lowest BCUT2D eigenvalue weighted by Crippen LogP contribution is -2.86. The quantitative estimate of drug-likeness (QED) is 0.360. The Balaban J connectivity index is 2.00. The van der Waals surface area contributed by atoms with Gasteiger partial charge in [0.25, 0.3) is 0 Å². The third-order valence-corrected chi connectivity index (χ3v) is 0.507. The van der Waals surface area contributed by atoms with E-state index < -0.39 is 0 Å². The van der Waals surface area contributed by atoms with Crippen LogP contribution in [0.15, 0.2) is 0 Å². The average Bonchev–Trinajstić information content (AvgIpc) is 1.72. The minimum atomic E-state index is 0.569. The first-order valence-corrected chi connectivity index (χ1v) is 1.76. The molecule has 0 aromatic carbocycles. The zero-order chi connectivity index (χ0) is 4.24. The molecule has 36 valence electrons. The first-order valence-electron chi connectivity index (χ1n) is 1.76. The van der Waals surface area contributed by atoms with E-state index in [2.05, 4.69) is 15.0 Å². The molecule has 0 radical (unpaired) electrons. The summed E-state index contributed by atoms with van der Waals surface area (Å²) in [7, 11) is 0. The van der Waals surface area contributed by atoms with Gasteiger partial charge in [0.05, 0.1) is 0 Å². The van der Waals surface area contributed by atoms with E-state index in [4.69, 9.17) is 0 Å². The molecule has 0 aromatic rings. The van der Waals surface area contributed by atoms with Crippen LogP contribution in [0.5, 0.6) is 0 Å². The van der Waals surface area contributed by atoms with E-state index in [9.17, 15) is 0 Å². The van der Waals surface area contributed by atoms with Crippen LogP contribution in [0.4, 0.5) is 0 Å². The fraction of sp³-hybridized carbons (Fsp3) is 1.00. The Morgan fingerprint density at radius 3 is 2.17 bits per heavy atom. The van der Waals surface area contributed by atoms with Crippen LogP contribution in [0.3, 0.4) is 0 Å². The van der Waals surface area contributed by atoms with E-state index in [0.29, 0.717) is 13.5 Å². The van der Waals surface area contributed by atoms with Crippen molar-refractivity contribution in [3.8, 4) is 0 Å². The molecule has 1 fully saturated rings. The zero-order valence-electron chi connectivity index (χ0n) is 3.31. The number of hydrogen-bond donors (Lipinski definition) is 2. The highest BCUT2D eigenvalue weighted by Gasteiger charge is 1.96. The smallest absolute Gasteiger partial charge is 0.163 e. The Bertz CT molecular complexity index is 25.0. The minimum Gasteiger partial charge on any atom is -0.261 e. The fourth-order valence-electron chi connectivity index (χ4n) is 0.276. The minimum absolute atomic E-state index is 0.569. The molecule has 4 heteroatoms. The van der Waals surface area contributed by atoms with Crippen molar-refractivity contribution in [3.05, 3.63) is 0 Å². The maximum Gasteiger partial charge on any atom is 0.163 e. The van der Waals surface area contributed by atoms with Crippen molar-refractivity contribution in [3.63, 3.8) is 0 Å². The van der Waals surface area contributed by atoms with Crippen molar-refractivity contribution in [1.82, 2.24) is 5.32 Å². The monoisotopic (exact) mass is 91.1 g/mol. The standard InChI is InChI=1S/C2H7N2O2/c1-3-2-6-4-5-1/h3H,1-2,4H2/q+1. The van der Waals surface area contributed by atoms with Gasteiger partial charge >= 0.3 is 0 Å². The molecule has 0 aliphatic carbocycles. The lowest BCUT2D eigenvalue weighted by atomic mass is 11.1. The summed E-state index contributed by atoms with van der Waals surface area (Å²) in [5.74, 6) is 0. The maximum atomic E-state index is 4.61. The van der Waals surface area contributed by atoms with Crippen LogP contribution in [0, 0.1) is 0 Å². The van der Waals surface area contributed by atoms with Gasteiger partial charge in [-0.25, -0.2) is 0 Å². The van der Waals surface area contributed by atoms with E-state index in [1.165, 1.54) is 5.64 Å². The van der Waals surface area contributed by atoms with Gasteiger partial charge in [-0.15, -0.1) is 0 Å². The van der Waals surface area contributed by atoms with Crippen molar-refractivity contribution >= 4 is 0 Å². The second-order valence-electron chi connectivity index (χ2n) is 0.968. The summed E-state index contributed by atoms with van der Waals surface area (Å²) >= 11 is 0. The fourth-order valence-corrected chi connectivity index (χ4v) is 0.276. The van der Waals surface area contributed by atoms with Crippen LogP contribution in [-0.4, -0.2) is 13.5 Å². The SMILES string of the molecule is C1NCO[NH2+]O1. The predicted octanol–water partition coefficient (Wildman–Crippen LogP) is -2.07. The molecule has 1 aliphatic heterocycles. The Kier molecular flexibility index (Phi) is 1.40.